The minimum absolute atomic E-state index is 0.216. The average Bonchev–Trinajstić information content (AvgIpc) is 2.60. The zero-order chi connectivity index (χ0) is 18.4. The predicted octanol–water partition coefficient (Wildman–Crippen LogP) is 3.26. The Hall–Kier alpha value is -3.02. The quantitative estimate of drug-likeness (QED) is 0.752. The van der Waals surface area contributed by atoms with Gasteiger partial charge in [0.05, 0.1) is 18.7 Å². The lowest BCUT2D eigenvalue weighted by Gasteiger charge is -2.18. The number of carbonyl (C=O) groups is 2. The SMILES string of the molecule is COc1ccc(C)cc1[C@@H](C)NC(=O)NCc1ccc(C(=O)O)cc1. The molecule has 0 saturated carbocycles. The Morgan fingerprint density at radius 2 is 1.84 bits per heavy atom. The first-order valence-corrected chi connectivity index (χ1v) is 7.92. The summed E-state index contributed by atoms with van der Waals surface area (Å²) in [6.07, 6.45) is 0. The number of hydrogen-bond acceptors (Lipinski definition) is 3. The highest BCUT2D eigenvalue weighted by atomic mass is 16.5. The van der Waals surface area contributed by atoms with Crippen molar-refractivity contribution >= 4 is 12.0 Å². The molecule has 6 nitrogen and oxygen atoms in total. The van der Waals surface area contributed by atoms with E-state index in [0.29, 0.717) is 6.54 Å². The van der Waals surface area contributed by atoms with Crippen molar-refractivity contribution in [2.24, 2.45) is 0 Å². The molecular weight excluding hydrogens is 320 g/mol. The summed E-state index contributed by atoms with van der Waals surface area (Å²) in [6.45, 7) is 4.18. The van der Waals surface area contributed by atoms with Crippen LogP contribution in [0.3, 0.4) is 0 Å². The number of benzene rings is 2. The van der Waals surface area contributed by atoms with Crippen molar-refractivity contribution in [1.29, 1.82) is 0 Å². The zero-order valence-corrected chi connectivity index (χ0v) is 14.5. The number of hydrogen-bond donors (Lipinski definition) is 3. The second-order valence-electron chi connectivity index (χ2n) is 5.80. The molecule has 25 heavy (non-hydrogen) atoms. The summed E-state index contributed by atoms with van der Waals surface area (Å²) in [4.78, 5) is 22.9. The third kappa shape index (κ3) is 4.97. The van der Waals surface area contributed by atoms with Crippen LogP contribution in [-0.4, -0.2) is 24.2 Å². The Kier molecular flexibility index (Phi) is 6.00. The highest BCUT2D eigenvalue weighted by Crippen LogP contribution is 2.25. The summed E-state index contributed by atoms with van der Waals surface area (Å²) in [7, 11) is 1.60. The monoisotopic (exact) mass is 342 g/mol. The van der Waals surface area contributed by atoms with E-state index in [1.165, 1.54) is 12.1 Å². The van der Waals surface area contributed by atoms with E-state index in [4.69, 9.17) is 9.84 Å². The van der Waals surface area contributed by atoms with Gasteiger partial charge >= 0.3 is 12.0 Å². The molecule has 6 heteroatoms. The molecule has 2 amide bonds. The molecule has 2 aromatic carbocycles. The van der Waals surface area contributed by atoms with Crippen LogP contribution < -0.4 is 15.4 Å². The predicted molar refractivity (Wildman–Crippen MR) is 94.9 cm³/mol. The van der Waals surface area contributed by atoms with Crippen LogP contribution in [0.1, 0.15) is 40.0 Å². The van der Waals surface area contributed by atoms with E-state index in [0.717, 1.165) is 22.4 Å². The van der Waals surface area contributed by atoms with Gasteiger partial charge in [0, 0.05) is 12.1 Å². The number of nitrogens with one attached hydrogen (secondary N) is 2. The molecule has 2 aromatic rings. The van der Waals surface area contributed by atoms with Gasteiger partial charge in [0.25, 0.3) is 0 Å². The van der Waals surface area contributed by atoms with Gasteiger partial charge < -0.3 is 20.5 Å². The van der Waals surface area contributed by atoms with Crippen molar-refractivity contribution in [3.05, 3.63) is 64.7 Å². The van der Waals surface area contributed by atoms with Gasteiger partial charge in [-0.05, 0) is 37.6 Å². The first kappa shape index (κ1) is 18.3. The Bertz CT molecular complexity index is 757. The van der Waals surface area contributed by atoms with Crippen LogP contribution in [0.5, 0.6) is 5.75 Å². The fraction of sp³-hybridized carbons (Fsp3) is 0.263. The van der Waals surface area contributed by atoms with E-state index < -0.39 is 5.97 Å². The van der Waals surface area contributed by atoms with Crippen molar-refractivity contribution in [2.75, 3.05) is 7.11 Å². The number of aromatic carboxylic acids is 1. The van der Waals surface area contributed by atoms with E-state index in [2.05, 4.69) is 10.6 Å². The van der Waals surface area contributed by atoms with Gasteiger partial charge in [0.2, 0.25) is 0 Å². The Morgan fingerprint density at radius 3 is 2.44 bits per heavy atom. The molecule has 132 valence electrons. The van der Waals surface area contributed by atoms with Crippen LogP contribution >= 0.6 is 0 Å². The molecule has 1 atom stereocenters. The Morgan fingerprint density at radius 1 is 1.16 bits per heavy atom. The number of carbonyl (C=O) groups excluding carboxylic acids is 1. The maximum absolute atomic E-state index is 12.1. The molecule has 0 aliphatic rings. The fourth-order valence-corrected chi connectivity index (χ4v) is 2.47. The summed E-state index contributed by atoms with van der Waals surface area (Å²) in [5.41, 5.74) is 3.03. The molecule has 0 saturated heterocycles. The van der Waals surface area contributed by atoms with Crippen molar-refractivity contribution < 1.29 is 19.4 Å². The van der Waals surface area contributed by atoms with Crippen molar-refractivity contribution in [1.82, 2.24) is 10.6 Å². The minimum atomic E-state index is -0.974. The molecule has 0 aliphatic carbocycles. The average molecular weight is 342 g/mol. The van der Waals surface area contributed by atoms with Crippen molar-refractivity contribution in [2.45, 2.75) is 26.4 Å². The van der Waals surface area contributed by atoms with Crippen LogP contribution in [0.15, 0.2) is 42.5 Å². The molecule has 0 aliphatic heterocycles. The van der Waals surface area contributed by atoms with Crippen LogP contribution in [-0.2, 0) is 6.54 Å². The second kappa shape index (κ2) is 8.19. The van der Waals surface area contributed by atoms with Gasteiger partial charge in [-0.2, -0.15) is 0 Å². The lowest BCUT2D eigenvalue weighted by Crippen LogP contribution is -2.36. The Balaban J connectivity index is 1.93. The van der Waals surface area contributed by atoms with Gasteiger partial charge in [-0.1, -0.05) is 29.8 Å². The number of amides is 2. The maximum atomic E-state index is 12.1. The smallest absolute Gasteiger partial charge is 0.335 e. The number of aryl methyl sites for hydroxylation is 1. The fourth-order valence-electron chi connectivity index (χ4n) is 2.47. The largest absolute Gasteiger partial charge is 0.496 e. The first-order chi connectivity index (χ1) is 11.9. The van der Waals surface area contributed by atoms with Crippen molar-refractivity contribution in [3.8, 4) is 5.75 Å². The number of rotatable bonds is 6. The van der Waals surface area contributed by atoms with Crippen LogP contribution in [0.4, 0.5) is 4.79 Å². The lowest BCUT2D eigenvalue weighted by molar-refractivity contribution is 0.0697. The number of carboxylic acid groups (broad SMARTS) is 1. The van der Waals surface area contributed by atoms with E-state index in [1.54, 1.807) is 19.2 Å². The third-order valence-corrected chi connectivity index (χ3v) is 3.85. The summed E-state index contributed by atoms with van der Waals surface area (Å²) < 4.78 is 5.34. The van der Waals surface area contributed by atoms with E-state index in [9.17, 15) is 9.59 Å². The Labute approximate surface area is 146 Å². The van der Waals surface area contributed by atoms with Gasteiger partial charge in [-0.25, -0.2) is 9.59 Å². The summed E-state index contributed by atoms with van der Waals surface area (Å²) in [5, 5.41) is 14.5. The number of carboxylic acids is 1. The second-order valence-corrected chi connectivity index (χ2v) is 5.80. The number of ether oxygens (including phenoxy) is 1. The van der Waals surface area contributed by atoms with Crippen LogP contribution in [0.25, 0.3) is 0 Å². The lowest BCUT2D eigenvalue weighted by atomic mass is 10.0. The molecule has 0 bridgehead atoms. The minimum Gasteiger partial charge on any atom is -0.496 e. The van der Waals surface area contributed by atoms with Crippen LogP contribution in [0, 0.1) is 6.92 Å². The van der Waals surface area contributed by atoms with E-state index in [1.807, 2.05) is 32.0 Å². The van der Waals surface area contributed by atoms with Gasteiger partial charge in [-0.15, -0.1) is 0 Å². The summed E-state index contributed by atoms with van der Waals surface area (Å²) >= 11 is 0. The third-order valence-electron chi connectivity index (χ3n) is 3.85. The standard InChI is InChI=1S/C19H22N2O4/c1-12-4-9-17(25-3)16(10-12)13(2)21-19(24)20-11-14-5-7-15(8-6-14)18(22)23/h4-10,13H,11H2,1-3H3,(H,22,23)(H2,20,21,24)/t13-/m1/s1. The molecule has 0 fully saturated rings. The number of methoxy groups -OCH3 is 1. The molecule has 3 N–H and O–H groups in total. The summed E-state index contributed by atoms with van der Waals surface area (Å²) in [5.74, 6) is -0.249. The first-order valence-electron chi connectivity index (χ1n) is 7.92. The molecule has 0 aromatic heterocycles. The molecular formula is C19H22N2O4. The molecule has 2 rings (SSSR count). The van der Waals surface area contributed by atoms with Gasteiger partial charge in [0.1, 0.15) is 5.75 Å². The molecule has 0 heterocycles. The molecule has 0 unspecified atom stereocenters. The summed E-state index contributed by atoms with van der Waals surface area (Å²) in [6, 6.07) is 11.7. The van der Waals surface area contributed by atoms with E-state index >= 15 is 0 Å². The highest BCUT2D eigenvalue weighted by molar-refractivity contribution is 5.87. The maximum Gasteiger partial charge on any atom is 0.335 e. The van der Waals surface area contributed by atoms with E-state index in [-0.39, 0.29) is 17.6 Å². The number of urea groups is 1. The zero-order valence-electron chi connectivity index (χ0n) is 14.5. The molecule has 0 radical (unpaired) electrons. The van der Waals surface area contributed by atoms with Gasteiger partial charge in [-0.3, -0.25) is 0 Å². The molecule has 0 spiro atoms. The van der Waals surface area contributed by atoms with Crippen molar-refractivity contribution in [3.63, 3.8) is 0 Å². The normalized spacial score (nSPS) is 11.5. The topological polar surface area (TPSA) is 87.7 Å². The van der Waals surface area contributed by atoms with Gasteiger partial charge in [0.15, 0.2) is 0 Å². The van der Waals surface area contributed by atoms with Crippen LogP contribution in [0.2, 0.25) is 0 Å². The highest BCUT2D eigenvalue weighted by Gasteiger charge is 2.14.